The lowest BCUT2D eigenvalue weighted by molar-refractivity contribution is 0.597. The molecular formula is C8H9N3OS. The largest absolute Gasteiger partial charge is 0.287 e. The molecule has 0 saturated heterocycles. The molecule has 1 rings (SSSR count). The highest BCUT2D eigenvalue weighted by molar-refractivity contribution is 7.98. The van der Waals surface area contributed by atoms with Crippen molar-refractivity contribution in [1.29, 1.82) is 5.26 Å². The molecule has 68 valence electrons. The van der Waals surface area contributed by atoms with Gasteiger partial charge in [-0.3, -0.25) is 9.36 Å². The van der Waals surface area contributed by atoms with Gasteiger partial charge in [0, 0.05) is 18.8 Å². The van der Waals surface area contributed by atoms with Gasteiger partial charge in [-0.2, -0.15) is 5.26 Å². The number of hydrogen-bond donors (Lipinski definition) is 0. The Morgan fingerprint density at radius 3 is 3.15 bits per heavy atom. The number of nitrogens with zero attached hydrogens (tertiary/aromatic N) is 3. The Morgan fingerprint density at radius 2 is 2.54 bits per heavy atom. The van der Waals surface area contributed by atoms with Crippen LogP contribution in [-0.2, 0) is 6.54 Å². The van der Waals surface area contributed by atoms with Gasteiger partial charge in [-0.05, 0) is 6.26 Å². The summed E-state index contributed by atoms with van der Waals surface area (Å²) in [6.45, 7) is 0.416. The van der Waals surface area contributed by atoms with Gasteiger partial charge in [0.15, 0.2) is 5.16 Å². The van der Waals surface area contributed by atoms with E-state index in [9.17, 15) is 4.79 Å². The summed E-state index contributed by atoms with van der Waals surface area (Å²) < 4.78 is 1.51. The quantitative estimate of drug-likeness (QED) is 0.530. The maximum atomic E-state index is 11.3. The van der Waals surface area contributed by atoms with Crippen molar-refractivity contribution in [3.63, 3.8) is 0 Å². The Labute approximate surface area is 80.2 Å². The average molecular weight is 195 g/mol. The molecule has 1 aromatic rings. The van der Waals surface area contributed by atoms with Crippen molar-refractivity contribution in [3.05, 3.63) is 22.6 Å². The Bertz CT molecular complexity index is 380. The van der Waals surface area contributed by atoms with Crippen molar-refractivity contribution >= 4 is 11.8 Å². The first-order chi connectivity index (χ1) is 6.29. The molecule has 0 aliphatic rings. The molecule has 0 N–H and O–H groups in total. The molecule has 13 heavy (non-hydrogen) atoms. The van der Waals surface area contributed by atoms with E-state index in [0.29, 0.717) is 18.1 Å². The summed E-state index contributed by atoms with van der Waals surface area (Å²) in [5.74, 6) is 0. The summed E-state index contributed by atoms with van der Waals surface area (Å²) in [5, 5.41) is 9.04. The SMILES string of the molecule is CSc1nccc(=O)n1CCC#N. The lowest BCUT2D eigenvalue weighted by Crippen LogP contribution is -2.21. The molecule has 0 unspecified atom stereocenters. The highest BCUT2D eigenvalue weighted by Crippen LogP contribution is 2.07. The molecule has 0 spiro atoms. The molecule has 0 amide bonds. The van der Waals surface area contributed by atoms with E-state index >= 15 is 0 Å². The molecule has 0 bridgehead atoms. The summed E-state index contributed by atoms with van der Waals surface area (Å²) >= 11 is 1.40. The van der Waals surface area contributed by atoms with Gasteiger partial charge in [-0.1, -0.05) is 11.8 Å². The molecule has 0 atom stereocenters. The highest BCUT2D eigenvalue weighted by Gasteiger charge is 2.02. The molecule has 0 radical (unpaired) electrons. The molecule has 0 aliphatic carbocycles. The van der Waals surface area contributed by atoms with Crippen molar-refractivity contribution in [2.24, 2.45) is 0 Å². The van der Waals surface area contributed by atoms with Crippen molar-refractivity contribution in [3.8, 4) is 6.07 Å². The third kappa shape index (κ3) is 2.33. The molecule has 1 heterocycles. The van der Waals surface area contributed by atoms with E-state index in [-0.39, 0.29) is 5.56 Å². The predicted molar refractivity (Wildman–Crippen MR) is 50.5 cm³/mol. The fraction of sp³-hybridized carbons (Fsp3) is 0.375. The van der Waals surface area contributed by atoms with E-state index in [4.69, 9.17) is 5.26 Å². The van der Waals surface area contributed by atoms with E-state index in [1.807, 2.05) is 12.3 Å². The van der Waals surface area contributed by atoms with Crippen LogP contribution in [0.3, 0.4) is 0 Å². The van der Waals surface area contributed by atoms with Gasteiger partial charge in [-0.25, -0.2) is 4.98 Å². The van der Waals surface area contributed by atoms with E-state index < -0.39 is 0 Å². The molecule has 0 aliphatic heterocycles. The molecule has 5 heteroatoms. The van der Waals surface area contributed by atoms with Crippen molar-refractivity contribution < 1.29 is 0 Å². The topological polar surface area (TPSA) is 58.7 Å². The Hall–Kier alpha value is -1.28. The fourth-order valence-electron chi connectivity index (χ4n) is 0.949. The van der Waals surface area contributed by atoms with Gasteiger partial charge in [0.05, 0.1) is 12.5 Å². The lowest BCUT2D eigenvalue weighted by Gasteiger charge is -2.05. The Balaban J connectivity index is 3.02. The maximum absolute atomic E-state index is 11.3. The van der Waals surface area contributed by atoms with Crippen molar-refractivity contribution in [2.45, 2.75) is 18.1 Å². The van der Waals surface area contributed by atoms with Crippen LogP contribution in [0.5, 0.6) is 0 Å². The van der Waals surface area contributed by atoms with Crippen LogP contribution in [0.2, 0.25) is 0 Å². The van der Waals surface area contributed by atoms with Crippen LogP contribution in [0.25, 0.3) is 0 Å². The highest BCUT2D eigenvalue weighted by atomic mass is 32.2. The minimum absolute atomic E-state index is 0.102. The number of nitriles is 1. The minimum atomic E-state index is -0.102. The Morgan fingerprint density at radius 1 is 1.77 bits per heavy atom. The van der Waals surface area contributed by atoms with Gasteiger partial charge in [0.2, 0.25) is 0 Å². The van der Waals surface area contributed by atoms with Crippen LogP contribution in [0.1, 0.15) is 6.42 Å². The lowest BCUT2D eigenvalue weighted by atomic mass is 10.4. The number of aromatic nitrogens is 2. The molecule has 0 fully saturated rings. The van der Waals surface area contributed by atoms with E-state index in [0.717, 1.165) is 0 Å². The monoisotopic (exact) mass is 195 g/mol. The zero-order chi connectivity index (χ0) is 9.68. The second kappa shape index (κ2) is 4.67. The standard InChI is InChI=1S/C8H9N3OS/c1-13-8-10-5-3-7(12)11(8)6-2-4-9/h3,5H,2,6H2,1H3. The normalized spacial score (nSPS) is 9.54. The van der Waals surface area contributed by atoms with Crippen LogP contribution in [0, 0.1) is 11.3 Å². The predicted octanol–water partition coefficient (Wildman–Crippen LogP) is 0.879. The second-order valence-electron chi connectivity index (χ2n) is 2.33. The van der Waals surface area contributed by atoms with Gasteiger partial charge < -0.3 is 0 Å². The Kier molecular flexibility index (Phi) is 3.53. The van der Waals surface area contributed by atoms with Gasteiger partial charge >= 0.3 is 0 Å². The molecular weight excluding hydrogens is 186 g/mol. The first kappa shape index (κ1) is 9.81. The van der Waals surface area contributed by atoms with Crippen LogP contribution in [0.15, 0.2) is 22.2 Å². The summed E-state index contributed by atoms with van der Waals surface area (Å²) in [4.78, 5) is 15.3. The number of hydrogen-bond acceptors (Lipinski definition) is 4. The number of rotatable bonds is 3. The van der Waals surface area contributed by atoms with Gasteiger partial charge in [0.1, 0.15) is 0 Å². The zero-order valence-electron chi connectivity index (χ0n) is 7.23. The van der Waals surface area contributed by atoms with Crippen molar-refractivity contribution in [2.75, 3.05) is 6.26 Å². The van der Waals surface area contributed by atoms with E-state index in [1.54, 1.807) is 0 Å². The van der Waals surface area contributed by atoms with Gasteiger partial charge in [0.25, 0.3) is 5.56 Å². The van der Waals surface area contributed by atoms with Crippen LogP contribution in [-0.4, -0.2) is 15.8 Å². The van der Waals surface area contributed by atoms with Crippen LogP contribution in [0.4, 0.5) is 0 Å². The summed E-state index contributed by atoms with van der Waals surface area (Å²) in [6.07, 6.45) is 3.67. The second-order valence-corrected chi connectivity index (χ2v) is 3.10. The van der Waals surface area contributed by atoms with Crippen molar-refractivity contribution in [1.82, 2.24) is 9.55 Å². The number of thioether (sulfide) groups is 1. The van der Waals surface area contributed by atoms with Crippen LogP contribution >= 0.6 is 11.8 Å². The van der Waals surface area contributed by atoms with E-state index in [1.165, 1.54) is 28.6 Å². The third-order valence-electron chi connectivity index (χ3n) is 1.53. The summed E-state index contributed by atoms with van der Waals surface area (Å²) in [5.41, 5.74) is -0.102. The first-order valence-electron chi connectivity index (χ1n) is 3.76. The molecule has 0 aromatic carbocycles. The fourth-order valence-corrected chi connectivity index (χ4v) is 1.52. The van der Waals surface area contributed by atoms with E-state index in [2.05, 4.69) is 4.98 Å². The smallest absolute Gasteiger partial charge is 0.254 e. The molecule has 1 aromatic heterocycles. The summed E-state index contributed by atoms with van der Waals surface area (Å²) in [6, 6.07) is 3.40. The minimum Gasteiger partial charge on any atom is -0.287 e. The molecule has 0 saturated carbocycles. The third-order valence-corrected chi connectivity index (χ3v) is 2.22. The van der Waals surface area contributed by atoms with Crippen LogP contribution < -0.4 is 5.56 Å². The maximum Gasteiger partial charge on any atom is 0.254 e. The average Bonchev–Trinajstić information content (AvgIpc) is 2.15. The van der Waals surface area contributed by atoms with Gasteiger partial charge in [-0.15, -0.1) is 0 Å². The zero-order valence-corrected chi connectivity index (χ0v) is 8.04. The summed E-state index contributed by atoms with van der Waals surface area (Å²) in [7, 11) is 0. The first-order valence-corrected chi connectivity index (χ1v) is 4.99. The molecule has 4 nitrogen and oxygen atoms in total.